The van der Waals surface area contributed by atoms with Crippen LogP contribution in [0.3, 0.4) is 0 Å². The lowest BCUT2D eigenvalue weighted by Gasteiger charge is -2.11. The Morgan fingerprint density at radius 3 is 2.65 bits per heavy atom. The molecule has 0 bridgehead atoms. The summed E-state index contributed by atoms with van der Waals surface area (Å²) in [6.45, 7) is -3.14. The maximum atomic E-state index is 13.2. The van der Waals surface area contributed by atoms with Crippen LogP contribution in [0.5, 0.6) is 5.75 Å². The summed E-state index contributed by atoms with van der Waals surface area (Å²) in [4.78, 5) is 11.0. The highest BCUT2D eigenvalue weighted by molar-refractivity contribution is 9.10. The first-order chi connectivity index (χ1) is 7.95. The highest BCUT2D eigenvalue weighted by Crippen LogP contribution is 2.33. The minimum absolute atomic E-state index is 0.0248. The normalized spacial score (nSPS) is 10.5. The summed E-state index contributed by atoms with van der Waals surface area (Å²) in [6.07, 6.45) is -0.170. The maximum Gasteiger partial charge on any atom is 0.387 e. The Morgan fingerprint density at radius 1 is 1.47 bits per heavy atom. The number of halogens is 4. The van der Waals surface area contributed by atoms with E-state index in [1.807, 2.05) is 0 Å². The Kier molecular flexibility index (Phi) is 4.80. The van der Waals surface area contributed by atoms with Gasteiger partial charge < -0.3 is 9.47 Å². The van der Waals surface area contributed by atoms with Gasteiger partial charge in [0.1, 0.15) is 0 Å². The molecule has 0 amide bonds. The third-order valence-electron chi connectivity index (χ3n) is 1.90. The highest BCUT2D eigenvalue weighted by atomic mass is 79.9. The van der Waals surface area contributed by atoms with Crippen molar-refractivity contribution in [2.75, 3.05) is 7.11 Å². The number of hydrogen-bond acceptors (Lipinski definition) is 3. The van der Waals surface area contributed by atoms with E-state index in [1.165, 1.54) is 13.2 Å². The minimum atomic E-state index is -3.14. The quantitative estimate of drug-likeness (QED) is 0.802. The molecule has 0 N–H and O–H groups in total. The fourth-order valence-corrected chi connectivity index (χ4v) is 1.69. The molecule has 0 heterocycles. The molecule has 0 aliphatic heterocycles. The van der Waals surface area contributed by atoms with Gasteiger partial charge in [-0.25, -0.2) is 4.39 Å². The summed E-state index contributed by atoms with van der Waals surface area (Å²) in [5.41, 5.74) is 0.300. The molecule has 94 valence electrons. The zero-order valence-corrected chi connectivity index (χ0v) is 10.3. The summed E-state index contributed by atoms with van der Waals surface area (Å²) in [7, 11) is 1.19. The van der Waals surface area contributed by atoms with Crippen LogP contribution in [0.15, 0.2) is 16.6 Å². The van der Waals surface area contributed by atoms with Crippen molar-refractivity contribution in [2.45, 2.75) is 13.0 Å². The van der Waals surface area contributed by atoms with Gasteiger partial charge in [-0.1, -0.05) is 6.07 Å². The summed E-state index contributed by atoms with van der Waals surface area (Å²) in [5.74, 6) is -2.13. The number of rotatable bonds is 4. The van der Waals surface area contributed by atoms with Crippen LogP contribution in [0, 0.1) is 5.82 Å². The number of ether oxygens (including phenoxy) is 2. The lowest BCUT2D eigenvalue weighted by molar-refractivity contribution is -0.139. The second kappa shape index (κ2) is 5.90. The Morgan fingerprint density at radius 2 is 2.12 bits per heavy atom. The Balaban J connectivity index is 3.05. The SMILES string of the molecule is COC(=O)Cc1ccc(F)c(OC(F)F)c1Br. The largest absolute Gasteiger partial charge is 0.469 e. The fraction of sp³-hybridized carbons (Fsp3) is 0.300. The number of benzene rings is 1. The summed E-state index contributed by atoms with van der Waals surface area (Å²) >= 11 is 2.91. The van der Waals surface area contributed by atoms with Crippen LogP contribution in [0.2, 0.25) is 0 Å². The molecule has 3 nitrogen and oxygen atoms in total. The van der Waals surface area contributed by atoms with E-state index in [9.17, 15) is 18.0 Å². The lowest BCUT2D eigenvalue weighted by Crippen LogP contribution is -2.08. The van der Waals surface area contributed by atoms with Gasteiger partial charge >= 0.3 is 12.6 Å². The Bertz CT molecular complexity index is 424. The standard InChI is InChI=1S/C10H8BrF3O3/c1-16-7(15)4-5-2-3-6(12)9(8(5)11)17-10(13)14/h2-3,10H,4H2,1H3. The van der Waals surface area contributed by atoms with Gasteiger partial charge in [-0.2, -0.15) is 8.78 Å². The zero-order valence-electron chi connectivity index (χ0n) is 8.68. The second-order valence-electron chi connectivity index (χ2n) is 2.98. The first-order valence-corrected chi connectivity index (χ1v) is 5.23. The average Bonchev–Trinajstić information content (AvgIpc) is 2.27. The Hall–Kier alpha value is -1.24. The van der Waals surface area contributed by atoms with Crippen LogP contribution in [-0.2, 0) is 16.0 Å². The van der Waals surface area contributed by atoms with Gasteiger partial charge in [-0.3, -0.25) is 4.79 Å². The first-order valence-electron chi connectivity index (χ1n) is 4.44. The van der Waals surface area contributed by atoms with Gasteiger partial charge in [-0.05, 0) is 27.6 Å². The van der Waals surface area contributed by atoms with Gasteiger partial charge in [0.25, 0.3) is 0 Å². The van der Waals surface area contributed by atoms with Crippen LogP contribution in [0.25, 0.3) is 0 Å². The highest BCUT2D eigenvalue weighted by Gasteiger charge is 2.18. The molecule has 17 heavy (non-hydrogen) atoms. The van der Waals surface area contributed by atoms with E-state index in [2.05, 4.69) is 25.4 Å². The number of hydrogen-bond donors (Lipinski definition) is 0. The van der Waals surface area contributed by atoms with Crippen LogP contribution in [-0.4, -0.2) is 19.7 Å². The fourth-order valence-electron chi connectivity index (χ4n) is 1.13. The van der Waals surface area contributed by atoms with E-state index in [1.54, 1.807) is 0 Å². The van der Waals surface area contributed by atoms with Gasteiger partial charge in [-0.15, -0.1) is 0 Å². The van der Waals surface area contributed by atoms with E-state index >= 15 is 0 Å². The molecule has 0 atom stereocenters. The third-order valence-corrected chi connectivity index (χ3v) is 2.77. The van der Waals surface area contributed by atoms with E-state index in [0.29, 0.717) is 5.56 Å². The van der Waals surface area contributed by atoms with E-state index < -0.39 is 24.1 Å². The molecule has 0 saturated heterocycles. The summed E-state index contributed by atoms with van der Waals surface area (Å²) in [6, 6.07) is 2.23. The third kappa shape index (κ3) is 3.62. The van der Waals surface area contributed by atoms with Crippen molar-refractivity contribution in [1.29, 1.82) is 0 Å². The topological polar surface area (TPSA) is 35.5 Å². The smallest absolute Gasteiger partial charge is 0.387 e. The van der Waals surface area contributed by atoms with E-state index in [0.717, 1.165) is 6.07 Å². The minimum Gasteiger partial charge on any atom is -0.469 e. The van der Waals surface area contributed by atoms with Crippen molar-refractivity contribution in [3.63, 3.8) is 0 Å². The molecule has 1 aromatic rings. The van der Waals surface area contributed by atoms with Gasteiger partial charge in [0, 0.05) is 0 Å². The molecule has 7 heteroatoms. The number of carbonyl (C=O) groups is 1. The molecule has 0 fully saturated rings. The van der Waals surface area contributed by atoms with Crippen LogP contribution in [0.1, 0.15) is 5.56 Å². The number of carbonyl (C=O) groups excluding carboxylic acids is 1. The molecule has 0 saturated carbocycles. The van der Waals surface area contributed by atoms with Crippen molar-refractivity contribution in [3.05, 3.63) is 28.0 Å². The van der Waals surface area contributed by atoms with Crippen molar-refractivity contribution in [1.82, 2.24) is 0 Å². The number of methoxy groups -OCH3 is 1. The molecule has 0 aliphatic carbocycles. The van der Waals surface area contributed by atoms with Crippen molar-refractivity contribution in [2.24, 2.45) is 0 Å². The van der Waals surface area contributed by atoms with Gasteiger partial charge in [0.05, 0.1) is 18.0 Å². The zero-order chi connectivity index (χ0) is 13.0. The molecule has 0 spiro atoms. The predicted molar refractivity (Wildman–Crippen MR) is 56.5 cm³/mol. The molecule has 1 rings (SSSR count). The molecule has 0 unspecified atom stereocenters. The Labute approximate surface area is 104 Å². The van der Waals surface area contributed by atoms with Gasteiger partial charge in [0.2, 0.25) is 0 Å². The van der Waals surface area contributed by atoms with Gasteiger partial charge in [0.15, 0.2) is 11.6 Å². The van der Waals surface area contributed by atoms with E-state index in [4.69, 9.17) is 0 Å². The first kappa shape index (κ1) is 13.8. The number of alkyl halides is 2. The maximum absolute atomic E-state index is 13.2. The molecule has 0 radical (unpaired) electrons. The molecule has 0 aliphatic rings. The molecule has 1 aromatic carbocycles. The predicted octanol–water partition coefficient (Wildman–Crippen LogP) is 2.91. The molecule has 0 aromatic heterocycles. The lowest BCUT2D eigenvalue weighted by atomic mass is 10.1. The summed E-state index contributed by atoms with van der Waals surface area (Å²) in [5, 5.41) is 0. The monoisotopic (exact) mass is 312 g/mol. The molecular weight excluding hydrogens is 305 g/mol. The number of esters is 1. The van der Waals surface area contributed by atoms with Crippen molar-refractivity contribution >= 4 is 21.9 Å². The summed E-state index contributed by atoms with van der Waals surface area (Å²) < 4.78 is 45.7. The van der Waals surface area contributed by atoms with Crippen molar-refractivity contribution in [3.8, 4) is 5.75 Å². The van der Waals surface area contributed by atoms with Crippen LogP contribution >= 0.6 is 15.9 Å². The van der Waals surface area contributed by atoms with Crippen molar-refractivity contribution < 1.29 is 27.4 Å². The molecular formula is C10H8BrF3O3. The second-order valence-corrected chi connectivity index (χ2v) is 3.77. The van der Waals surface area contributed by atoms with E-state index in [-0.39, 0.29) is 10.9 Å². The average molecular weight is 313 g/mol. The van der Waals surface area contributed by atoms with Crippen LogP contribution in [0.4, 0.5) is 13.2 Å². The van der Waals surface area contributed by atoms with Crippen LogP contribution < -0.4 is 4.74 Å².